The van der Waals surface area contributed by atoms with Gasteiger partial charge in [0, 0.05) is 17.4 Å². The number of rotatable bonds is 5. The maximum absolute atomic E-state index is 10.2. The topological polar surface area (TPSA) is 37.3 Å². The van der Waals surface area contributed by atoms with Crippen molar-refractivity contribution in [1.82, 2.24) is 0 Å². The maximum atomic E-state index is 10.2. The van der Waals surface area contributed by atoms with Crippen LogP contribution in [0.15, 0.2) is 12.2 Å². The lowest BCUT2D eigenvalue weighted by Gasteiger charge is -1.97. The molecule has 13 heavy (non-hydrogen) atoms. The van der Waals surface area contributed by atoms with Gasteiger partial charge >= 0.3 is 5.97 Å². The highest BCUT2D eigenvalue weighted by Crippen LogP contribution is 2.38. The first-order valence-corrected chi connectivity index (χ1v) is 6.84. The molecule has 1 rings (SSSR count). The lowest BCUT2D eigenvalue weighted by Crippen LogP contribution is -1.93. The van der Waals surface area contributed by atoms with Gasteiger partial charge in [-0.2, -0.15) is 0 Å². The number of carboxylic acids is 1. The van der Waals surface area contributed by atoms with Crippen molar-refractivity contribution in [3.63, 3.8) is 0 Å². The smallest absolute Gasteiger partial charge is 0.303 e. The molecule has 0 aromatic rings. The van der Waals surface area contributed by atoms with Gasteiger partial charge in [0.15, 0.2) is 0 Å². The van der Waals surface area contributed by atoms with E-state index >= 15 is 0 Å². The highest BCUT2D eigenvalue weighted by atomic mass is 33.1. The van der Waals surface area contributed by atoms with Crippen LogP contribution >= 0.6 is 21.6 Å². The molecule has 0 bridgehead atoms. The molecule has 4 heteroatoms. The van der Waals surface area contributed by atoms with Crippen molar-refractivity contribution >= 4 is 27.6 Å². The number of hydrogen-bond acceptors (Lipinski definition) is 3. The molecule has 2 nitrogen and oxygen atoms in total. The summed E-state index contributed by atoms with van der Waals surface area (Å²) in [6, 6.07) is 0. The third-order valence-electron chi connectivity index (χ3n) is 1.79. The van der Waals surface area contributed by atoms with Crippen LogP contribution in [0.5, 0.6) is 0 Å². The van der Waals surface area contributed by atoms with Gasteiger partial charge in [-0.1, -0.05) is 33.7 Å². The van der Waals surface area contributed by atoms with Gasteiger partial charge in [0.2, 0.25) is 0 Å². The van der Waals surface area contributed by atoms with Gasteiger partial charge < -0.3 is 5.11 Å². The third-order valence-corrected chi connectivity index (χ3v) is 4.62. The molecular weight excluding hydrogens is 204 g/mol. The fraction of sp³-hybridized carbons (Fsp3) is 0.667. The van der Waals surface area contributed by atoms with E-state index in [4.69, 9.17) is 5.11 Å². The minimum atomic E-state index is -0.695. The summed E-state index contributed by atoms with van der Waals surface area (Å²) in [5.74, 6) is 0.550. The molecule has 0 radical (unpaired) electrons. The van der Waals surface area contributed by atoms with Crippen LogP contribution in [0, 0.1) is 0 Å². The minimum absolute atomic E-state index is 0.289. The molecule has 1 N–H and O–H groups in total. The van der Waals surface area contributed by atoms with Crippen LogP contribution in [0.2, 0.25) is 0 Å². The molecular formula is C9H14O2S2. The highest BCUT2D eigenvalue weighted by Gasteiger charge is 2.12. The van der Waals surface area contributed by atoms with Gasteiger partial charge in [-0.25, -0.2) is 0 Å². The summed E-state index contributed by atoms with van der Waals surface area (Å²) in [4.78, 5) is 10.2. The van der Waals surface area contributed by atoms with E-state index in [2.05, 4.69) is 12.2 Å². The van der Waals surface area contributed by atoms with Crippen LogP contribution < -0.4 is 0 Å². The van der Waals surface area contributed by atoms with Crippen molar-refractivity contribution < 1.29 is 9.90 Å². The number of carbonyl (C=O) groups is 1. The van der Waals surface area contributed by atoms with E-state index in [1.54, 1.807) is 0 Å². The largest absolute Gasteiger partial charge is 0.481 e. The van der Waals surface area contributed by atoms with Gasteiger partial charge in [-0.3, -0.25) is 4.79 Å². The molecule has 0 amide bonds. The molecule has 1 aliphatic heterocycles. The maximum Gasteiger partial charge on any atom is 0.303 e. The lowest BCUT2D eigenvalue weighted by molar-refractivity contribution is -0.137. The number of unbranched alkanes of at least 4 members (excludes halogenated alkanes) is 1. The monoisotopic (exact) mass is 218 g/mol. The van der Waals surface area contributed by atoms with Gasteiger partial charge in [0.1, 0.15) is 0 Å². The van der Waals surface area contributed by atoms with Crippen LogP contribution in [0.25, 0.3) is 0 Å². The van der Waals surface area contributed by atoms with Crippen LogP contribution in [-0.2, 0) is 4.79 Å². The zero-order chi connectivity index (χ0) is 9.52. The Hall–Kier alpha value is -0.0900. The van der Waals surface area contributed by atoms with Crippen molar-refractivity contribution in [2.75, 3.05) is 5.75 Å². The standard InChI is InChI=1S/C9H14O2S2/c10-9(11)5-3-1-2-4-8-6-7-12-13-8/h2,4,8H,1,3,5-7H2,(H,10,11). The molecule has 0 aromatic carbocycles. The van der Waals surface area contributed by atoms with Crippen molar-refractivity contribution in [1.29, 1.82) is 0 Å². The number of hydrogen-bond donors (Lipinski definition) is 1. The molecule has 0 aliphatic carbocycles. The molecule has 1 aliphatic rings. The van der Waals surface area contributed by atoms with Crippen LogP contribution in [0.4, 0.5) is 0 Å². The Balaban J connectivity index is 2.00. The van der Waals surface area contributed by atoms with Gasteiger partial charge in [0.25, 0.3) is 0 Å². The van der Waals surface area contributed by atoms with E-state index in [0.29, 0.717) is 5.25 Å². The molecule has 1 fully saturated rings. The van der Waals surface area contributed by atoms with Crippen molar-refractivity contribution in [3.05, 3.63) is 12.2 Å². The van der Waals surface area contributed by atoms with Crippen LogP contribution in [0.3, 0.4) is 0 Å². The summed E-state index contributed by atoms with van der Waals surface area (Å²) in [7, 11) is 3.84. The summed E-state index contributed by atoms with van der Waals surface area (Å²) in [5, 5.41) is 9.05. The summed E-state index contributed by atoms with van der Waals surface area (Å²) in [6.07, 6.45) is 7.53. The Kier molecular flexibility index (Phi) is 5.39. The molecule has 0 spiro atoms. The first-order valence-electron chi connectivity index (χ1n) is 4.46. The van der Waals surface area contributed by atoms with Gasteiger partial charge in [-0.15, -0.1) is 0 Å². The molecule has 0 aromatic heterocycles. The normalized spacial score (nSPS) is 22.6. The highest BCUT2D eigenvalue weighted by molar-refractivity contribution is 8.77. The first-order chi connectivity index (χ1) is 6.29. The second kappa shape index (κ2) is 6.38. The number of carboxylic acid groups (broad SMARTS) is 1. The van der Waals surface area contributed by atoms with Gasteiger partial charge in [-0.05, 0) is 19.3 Å². The second-order valence-electron chi connectivity index (χ2n) is 2.96. The van der Waals surface area contributed by atoms with E-state index < -0.39 is 5.97 Å². The Morgan fingerprint density at radius 2 is 2.46 bits per heavy atom. The molecule has 1 unspecified atom stereocenters. The average Bonchev–Trinajstić information content (AvgIpc) is 2.55. The third kappa shape index (κ3) is 5.26. The summed E-state index contributed by atoms with van der Waals surface area (Å²) < 4.78 is 0. The minimum Gasteiger partial charge on any atom is -0.481 e. The fourth-order valence-electron chi connectivity index (χ4n) is 1.10. The summed E-state index contributed by atoms with van der Waals surface area (Å²) in [5.41, 5.74) is 0. The molecule has 1 heterocycles. The predicted molar refractivity (Wildman–Crippen MR) is 59.1 cm³/mol. The Morgan fingerprint density at radius 3 is 3.08 bits per heavy atom. The van der Waals surface area contributed by atoms with Crippen molar-refractivity contribution in [2.24, 2.45) is 0 Å². The Labute approximate surface area is 86.6 Å². The molecule has 74 valence electrons. The summed E-state index contributed by atoms with van der Waals surface area (Å²) >= 11 is 0. The summed E-state index contributed by atoms with van der Waals surface area (Å²) in [6.45, 7) is 0. The van der Waals surface area contributed by atoms with Crippen LogP contribution in [0.1, 0.15) is 25.7 Å². The SMILES string of the molecule is O=C(O)CCCC=CC1CCSS1. The molecule has 1 saturated heterocycles. The van der Waals surface area contributed by atoms with E-state index in [9.17, 15) is 4.79 Å². The molecule has 0 saturated carbocycles. The van der Waals surface area contributed by atoms with E-state index in [0.717, 1.165) is 12.8 Å². The van der Waals surface area contributed by atoms with Crippen LogP contribution in [-0.4, -0.2) is 22.1 Å². The Bertz CT molecular complexity index is 186. The first kappa shape index (κ1) is 11.0. The zero-order valence-electron chi connectivity index (χ0n) is 7.44. The van der Waals surface area contributed by atoms with E-state index in [1.165, 1.54) is 12.2 Å². The quantitative estimate of drug-likeness (QED) is 0.437. The second-order valence-corrected chi connectivity index (χ2v) is 5.69. The average molecular weight is 218 g/mol. The van der Waals surface area contributed by atoms with E-state index in [-0.39, 0.29) is 6.42 Å². The van der Waals surface area contributed by atoms with Crippen molar-refractivity contribution in [3.8, 4) is 0 Å². The van der Waals surface area contributed by atoms with Gasteiger partial charge in [0.05, 0.1) is 0 Å². The molecule has 1 atom stereocenters. The van der Waals surface area contributed by atoms with E-state index in [1.807, 2.05) is 21.6 Å². The Morgan fingerprint density at radius 1 is 1.62 bits per heavy atom. The fourth-order valence-corrected chi connectivity index (χ4v) is 3.84. The van der Waals surface area contributed by atoms with Crippen molar-refractivity contribution in [2.45, 2.75) is 30.9 Å². The lowest BCUT2D eigenvalue weighted by atomic mass is 10.2. The number of aliphatic carboxylic acids is 1. The zero-order valence-corrected chi connectivity index (χ0v) is 9.07. The number of allylic oxidation sites excluding steroid dienone is 1. The predicted octanol–water partition coefficient (Wildman–Crippen LogP) is 2.95.